The van der Waals surface area contributed by atoms with Crippen LogP contribution >= 0.6 is 0 Å². The Hall–Kier alpha value is -1.30. The summed E-state index contributed by atoms with van der Waals surface area (Å²) in [5.41, 5.74) is -1.37. The summed E-state index contributed by atoms with van der Waals surface area (Å²) in [5.74, 6) is -0.866. The van der Waals surface area contributed by atoms with Crippen molar-refractivity contribution in [2.24, 2.45) is 11.3 Å². The van der Waals surface area contributed by atoms with Gasteiger partial charge in [-0.3, -0.25) is 4.79 Å². The lowest BCUT2D eigenvalue weighted by Crippen LogP contribution is -2.51. The minimum atomic E-state index is -0.820. The molecule has 1 unspecified atom stereocenters. The van der Waals surface area contributed by atoms with Crippen LogP contribution in [0.1, 0.15) is 59.3 Å². The number of hydrogen-bond donors (Lipinski definition) is 2. The summed E-state index contributed by atoms with van der Waals surface area (Å²) in [6.45, 7) is 6.52. The number of ether oxygens (including phenoxy) is 1. The van der Waals surface area contributed by atoms with Crippen LogP contribution in [0.25, 0.3) is 0 Å². The number of carbonyl (C=O) groups is 2. The lowest BCUT2D eigenvalue weighted by Gasteiger charge is -2.45. The number of hydrogen-bond acceptors (Lipinski definition) is 4. The molecule has 0 aromatic heterocycles. The van der Waals surface area contributed by atoms with Crippen LogP contribution in [0, 0.1) is 11.3 Å². The third-order valence-electron chi connectivity index (χ3n) is 5.13. The number of piperidine rings is 1. The number of carbonyl (C=O) groups excluding carboxylic acids is 1. The first-order valence-corrected chi connectivity index (χ1v) is 8.53. The third-order valence-corrected chi connectivity index (χ3v) is 5.13. The molecule has 1 aliphatic heterocycles. The smallest absolute Gasteiger partial charge is 0.410 e. The lowest BCUT2D eigenvalue weighted by molar-refractivity contribution is -0.159. The SMILES string of the molecule is CC(C)(C)OC(=O)N1CCCC(C2(C(=O)O)CCC(O)CC2)C1. The Kier molecular flexibility index (Phi) is 5.23. The highest BCUT2D eigenvalue weighted by Gasteiger charge is 2.49. The van der Waals surface area contributed by atoms with E-state index in [1.807, 2.05) is 20.8 Å². The van der Waals surface area contributed by atoms with Gasteiger partial charge in [-0.2, -0.15) is 0 Å². The molecule has 1 saturated carbocycles. The zero-order chi connectivity index (χ0) is 17.3. The van der Waals surface area contributed by atoms with Crippen molar-refractivity contribution in [1.29, 1.82) is 0 Å². The molecule has 1 aliphatic carbocycles. The Labute approximate surface area is 137 Å². The van der Waals surface area contributed by atoms with Gasteiger partial charge < -0.3 is 19.8 Å². The number of aliphatic hydroxyl groups excluding tert-OH is 1. The first-order valence-electron chi connectivity index (χ1n) is 8.53. The average Bonchev–Trinajstić information content (AvgIpc) is 2.46. The summed E-state index contributed by atoms with van der Waals surface area (Å²) in [6.07, 6.45) is 2.85. The van der Waals surface area contributed by atoms with Crippen LogP contribution in [0.3, 0.4) is 0 Å². The summed E-state index contributed by atoms with van der Waals surface area (Å²) >= 11 is 0. The van der Waals surface area contributed by atoms with Crippen molar-refractivity contribution in [2.45, 2.75) is 71.0 Å². The summed E-state index contributed by atoms with van der Waals surface area (Å²) in [5, 5.41) is 19.5. The molecular weight excluding hydrogens is 298 g/mol. The van der Waals surface area contributed by atoms with Crippen LogP contribution < -0.4 is 0 Å². The predicted molar refractivity (Wildman–Crippen MR) is 85.1 cm³/mol. The topological polar surface area (TPSA) is 87.1 Å². The number of nitrogens with zero attached hydrogens (tertiary/aromatic N) is 1. The molecule has 23 heavy (non-hydrogen) atoms. The number of likely N-dealkylation sites (tertiary alicyclic amines) is 1. The van der Waals surface area contributed by atoms with E-state index in [2.05, 4.69) is 0 Å². The van der Waals surface area contributed by atoms with E-state index in [1.165, 1.54) is 0 Å². The fourth-order valence-corrected chi connectivity index (χ4v) is 3.83. The van der Waals surface area contributed by atoms with E-state index in [0.29, 0.717) is 38.8 Å². The maximum atomic E-state index is 12.3. The molecule has 6 nitrogen and oxygen atoms in total. The molecule has 0 bridgehead atoms. The number of carboxylic acids is 1. The molecule has 0 aromatic carbocycles. The molecular formula is C17H29NO5. The normalized spacial score (nSPS) is 32.4. The monoisotopic (exact) mass is 327 g/mol. The molecule has 0 aromatic rings. The van der Waals surface area contributed by atoms with Gasteiger partial charge in [-0.1, -0.05) is 0 Å². The van der Waals surface area contributed by atoms with Gasteiger partial charge in [0.1, 0.15) is 5.60 Å². The summed E-state index contributed by atoms with van der Waals surface area (Å²) in [4.78, 5) is 25.9. The van der Waals surface area contributed by atoms with Gasteiger partial charge in [-0.15, -0.1) is 0 Å². The second-order valence-corrected chi connectivity index (χ2v) is 7.96. The number of amides is 1. The fraction of sp³-hybridized carbons (Fsp3) is 0.882. The zero-order valence-electron chi connectivity index (χ0n) is 14.4. The molecule has 2 N–H and O–H groups in total. The van der Waals surface area contributed by atoms with Gasteiger partial charge in [0.05, 0.1) is 11.5 Å². The van der Waals surface area contributed by atoms with E-state index in [9.17, 15) is 19.8 Å². The quantitative estimate of drug-likeness (QED) is 0.814. The van der Waals surface area contributed by atoms with E-state index in [-0.39, 0.29) is 12.0 Å². The molecule has 132 valence electrons. The second-order valence-electron chi connectivity index (χ2n) is 7.96. The fourth-order valence-electron chi connectivity index (χ4n) is 3.83. The van der Waals surface area contributed by atoms with E-state index >= 15 is 0 Å². The predicted octanol–water partition coefficient (Wildman–Crippen LogP) is 2.64. The van der Waals surface area contributed by atoms with Gasteiger partial charge in [0.15, 0.2) is 0 Å². The van der Waals surface area contributed by atoms with Gasteiger partial charge in [0, 0.05) is 13.1 Å². The molecule has 6 heteroatoms. The summed E-state index contributed by atoms with van der Waals surface area (Å²) in [6, 6.07) is 0. The maximum absolute atomic E-state index is 12.3. The van der Waals surface area contributed by atoms with E-state index in [0.717, 1.165) is 12.8 Å². The molecule has 1 atom stereocenters. The average molecular weight is 327 g/mol. The van der Waals surface area contributed by atoms with Crippen LogP contribution in [-0.4, -0.2) is 52.0 Å². The minimum absolute atomic E-state index is 0.0752. The highest BCUT2D eigenvalue weighted by atomic mass is 16.6. The van der Waals surface area contributed by atoms with Crippen molar-refractivity contribution in [2.75, 3.05) is 13.1 Å². The third kappa shape index (κ3) is 4.16. The molecule has 2 aliphatic rings. The highest BCUT2D eigenvalue weighted by Crippen LogP contribution is 2.46. The Balaban J connectivity index is 2.09. The van der Waals surface area contributed by atoms with Crippen LogP contribution in [0.4, 0.5) is 4.79 Å². The van der Waals surface area contributed by atoms with E-state index in [1.54, 1.807) is 4.90 Å². The van der Waals surface area contributed by atoms with Crippen molar-refractivity contribution < 1.29 is 24.5 Å². The van der Waals surface area contributed by atoms with E-state index < -0.39 is 23.1 Å². The Bertz CT molecular complexity index is 448. The number of carboxylic acid groups (broad SMARTS) is 1. The van der Waals surface area contributed by atoms with Crippen LogP contribution in [0.5, 0.6) is 0 Å². The van der Waals surface area contributed by atoms with Crippen molar-refractivity contribution in [3.63, 3.8) is 0 Å². The molecule has 1 heterocycles. The van der Waals surface area contributed by atoms with Gasteiger partial charge in [-0.05, 0) is 65.2 Å². The van der Waals surface area contributed by atoms with Gasteiger partial charge >= 0.3 is 12.1 Å². The first kappa shape index (κ1) is 18.0. The Morgan fingerprint density at radius 3 is 2.30 bits per heavy atom. The summed E-state index contributed by atoms with van der Waals surface area (Å²) < 4.78 is 5.42. The van der Waals surface area contributed by atoms with Crippen molar-refractivity contribution in [3.05, 3.63) is 0 Å². The second kappa shape index (κ2) is 6.67. The van der Waals surface area contributed by atoms with Gasteiger partial charge in [-0.25, -0.2) is 4.79 Å². The number of rotatable bonds is 2. The first-order chi connectivity index (χ1) is 10.6. The summed E-state index contributed by atoms with van der Waals surface area (Å²) in [7, 11) is 0. The minimum Gasteiger partial charge on any atom is -0.481 e. The highest BCUT2D eigenvalue weighted by molar-refractivity contribution is 5.75. The standard InChI is InChI=1S/C17H29NO5/c1-16(2,3)23-15(22)18-10-4-5-12(11-18)17(14(20)21)8-6-13(19)7-9-17/h12-13,19H,4-11H2,1-3H3,(H,20,21). The van der Waals surface area contributed by atoms with Crippen molar-refractivity contribution >= 4 is 12.1 Å². The Morgan fingerprint density at radius 2 is 1.78 bits per heavy atom. The van der Waals surface area contributed by atoms with Crippen LogP contribution in [0.15, 0.2) is 0 Å². The van der Waals surface area contributed by atoms with Crippen molar-refractivity contribution in [3.8, 4) is 0 Å². The molecule has 0 spiro atoms. The lowest BCUT2D eigenvalue weighted by atomic mass is 9.63. The van der Waals surface area contributed by atoms with Gasteiger partial charge in [0.2, 0.25) is 0 Å². The van der Waals surface area contributed by atoms with Crippen LogP contribution in [0.2, 0.25) is 0 Å². The number of aliphatic hydroxyl groups is 1. The molecule has 1 saturated heterocycles. The largest absolute Gasteiger partial charge is 0.481 e. The van der Waals surface area contributed by atoms with Crippen molar-refractivity contribution in [1.82, 2.24) is 4.90 Å². The molecule has 0 radical (unpaired) electrons. The maximum Gasteiger partial charge on any atom is 0.410 e. The number of aliphatic carboxylic acids is 1. The van der Waals surface area contributed by atoms with Crippen LogP contribution in [-0.2, 0) is 9.53 Å². The molecule has 2 fully saturated rings. The van der Waals surface area contributed by atoms with E-state index in [4.69, 9.17) is 4.74 Å². The molecule has 2 rings (SSSR count). The van der Waals surface area contributed by atoms with Gasteiger partial charge in [0.25, 0.3) is 0 Å². The zero-order valence-corrected chi connectivity index (χ0v) is 14.4. The molecule has 1 amide bonds. The Morgan fingerprint density at radius 1 is 1.17 bits per heavy atom.